The summed E-state index contributed by atoms with van der Waals surface area (Å²) in [5, 5.41) is 6.93. The minimum Gasteiger partial charge on any atom is -0.485 e. The molecule has 1 aromatic carbocycles. The van der Waals surface area contributed by atoms with E-state index in [1.54, 1.807) is 46.7 Å². The number of amides is 1. The predicted molar refractivity (Wildman–Crippen MR) is 106 cm³/mol. The monoisotopic (exact) mass is 411 g/mol. The van der Waals surface area contributed by atoms with E-state index in [2.05, 4.69) is 15.4 Å². The molecule has 3 heterocycles. The SMILES string of the molecule is CCn1cc(NC(=O)c2c(C)nc3c(OCc4c(F)cccc4F)cccn23)cn1. The molecule has 0 saturated heterocycles. The molecule has 0 unspecified atom stereocenters. The van der Waals surface area contributed by atoms with Crippen LogP contribution in [-0.4, -0.2) is 25.1 Å². The van der Waals surface area contributed by atoms with Crippen molar-refractivity contribution in [2.45, 2.75) is 27.0 Å². The van der Waals surface area contributed by atoms with Crippen LogP contribution in [0.15, 0.2) is 48.9 Å². The predicted octanol–water partition coefficient (Wildman–Crippen LogP) is 3.97. The molecule has 7 nitrogen and oxygen atoms in total. The van der Waals surface area contributed by atoms with Crippen molar-refractivity contribution < 1.29 is 18.3 Å². The van der Waals surface area contributed by atoms with E-state index in [0.717, 1.165) is 0 Å². The van der Waals surface area contributed by atoms with Gasteiger partial charge >= 0.3 is 0 Å². The molecule has 0 aliphatic carbocycles. The first-order valence-electron chi connectivity index (χ1n) is 9.35. The van der Waals surface area contributed by atoms with Crippen molar-refractivity contribution in [3.8, 4) is 5.75 Å². The van der Waals surface area contributed by atoms with Gasteiger partial charge in [0.25, 0.3) is 5.91 Å². The van der Waals surface area contributed by atoms with Gasteiger partial charge in [-0.05, 0) is 38.1 Å². The zero-order chi connectivity index (χ0) is 21.3. The van der Waals surface area contributed by atoms with Gasteiger partial charge in [0.15, 0.2) is 11.4 Å². The molecule has 1 N–H and O–H groups in total. The van der Waals surface area contributed by atoms with Crippen LogP contribution in [-0.2, 0) is 13.2 Å². The maximum atomic E-state index is 13.9. The number of carbonyl (C=O) groups is 1. The summed E-state index contributed by atoms with van der Waals surface area (Å²) in [4.78, 5) is 17.3. The summed E-state index contributed by atoms with van der Waals surface area (Å²) in [5.41, 5.74) is 1.59. The van der Waals surface area contributed by atoms with Crippen molar-refractivity contribution in [3.05, 3.63) is 77.5 Å². The lowest BCUT2D eigenvalue weighted by Crippen LogP contribution is -2.15. The number of halogens is 2. The van der Waals surface area contributed by atoms with Crippen LogP contribution in [0.25, 0.3) is 5.65 Å². The Hall–Kier alpha value is -3.75. The van der Waals surface area contributed by atoms with Crippen LogP contribution in [0.2, 0.25) is 0 Å². The van der Waals surface area contributed by atoms with Gasteiger partial charge in [-0.15, -0.1) is 0 Å². The molecule has 4 aromatic rings. The zero-order valence-corrected chi connectivity index (χ0v) is 16.4. The minimum atomic E-state index is -0.686. The van der Waals surface area contributed by atoms with Crippen molar-refractivity contribution in [3.63, 3.8) is 0 Å². The second-order valence-electron chi connectivity index (χ2n) is 6.64. The molecule has 4 rings (SSSR count). The Balaban J connectivity index is 1.62. The third-order valence-corrected chi connectivity index (χ3v) is 4.65. The molecule has 0 atom stereocenters. The highest BCUT2D eigenvalue weighted by Gasteiger charge is 2.20. The van der Waals surface area contributed by atoms with Gasteiger partial charge in [-0.3, -0.25) is 13.9 Å². The second kappa shape index (κ2) is 7.94. The van der Waals surface area contributed by atoms with Gasteiger partial charge in [0.05, 0.1) is 23.1 Å². The third kappa shape index (κ3) is 3.61. The number of hydrogen-bond donors (Lipinski definition) is 1. The average Bonchev–Trinajstić information content (AvgIpc) is 3.31. The van der Waals surface area contributed by atoms with Crippen molar-refractivity contribution >= 4 is 17.2 Å². The number of nitrogens with one attached hydrogen (secondary N) is 1. The molecular weight excluding hydrogens is 392 g/mol. The quantitative estimate of drug-likeness (QED) is 0.521. The van der Waals surface area contributed by atoms with E-state index in [1.165, 1.54) is 18.2 Å². The Bertz CT molecular complexity index is 1210. The van der Waals surface area contributed by atoms with Gasteiger partial charge < -0.3 is 10.1 Å². The summed E-state index contributed by atoms with van der Waals surface area (Å²) in [5.74, 6) is -1.42. The number of carbonyl (C=O) groups excluding carboxylic acids is 1. The number of aryl methyl sites for hydroxylation is 2. The van der Waals surface area contributed by atoms with Gasteiger partial charge in [0.2, 0.25) is 0 Å². The van der Waals surface area contributed by atoms with Crippen LogP contribution in [0.3, 0.4) is 0 Å². The smallest absolute Gasteiger partial charge is 0.274 e. The number of rotatable bonds is 6. The lowest BCUT2D eigenvalue weighted by atomic mass is 10.2. The van der Waals surface area contributed by atoms with E-state index >= 15 is 0 Å². The zero-order valence-electron chi connectivity index (χ0n) is 16.4. The minimum absolute atomic E-state index is 0.173. The Morgan fingerprint density at radius 3 is 2.67 bits per heavy atom. The van der Waals surface area contributed by atoms with Gasteiger partial charge in [0, 0.05) is 18.9 Å². The lowest BCUT2D eigenvalue weighted by molar-refractivity contribution is 0.102. The van der Waals surface area contributed by atoms with Crippen molar-refractivity contribution in [2.75, 3.05) is 5.32 Å². The second-order valence-corrected chi connectivity index (χ2v) is 6.64. The van der Waals surface area contributed by atoms with Crippen LogP contribution in [0.5, 0.6) is 5.75 Å². The van der Waals surface area contributed by atoms with E-state index in [-0.39, 0.29) is 18.1 Å². The molecule has 0 spiro atoms. The number of anilines is 1. The van der Waals surface area contributed by atoms with E-state index in [0.29, 0.717) is 35.0 Å². The summed E-state index contributed by atoms with van der Waals surface area (Å²) in [6.07, 6.45) is 4.97. The first-order chi connectivity index (χ1) is 14.5. The van der Waals surface area contributed by atoms with Crippen molar-refractivity contribution in [2.24, 2.45) is 0 Å². The normalized spacial score (nSPS) is 11.1. The van der Waals surface area contributed by atoms with Crippen molar-refractivity contribution in [1.29, 1.82) is 0 Å². The van der Waals surface area contributed by atoms with E-state index in [1.807, 2.05) is 6.92 Å². The summed E-state index contributed by atoms with van der Waals surface area (Å²) in [6.45, 7) is 4.04. The summed E-state index contributed by atoms with van der Waals surface area (Å²) in [7, 11) is 0. The van der Waals surface area contributed by atoms with Gasteiger partial charge in [-0.2, -0.15) is 5.10 Å². The topological polar surface area (TPSA) is 73.5 Å². The summed E-state index contributed by atoms with van der Waals surface area (Å²) < 4.78 is 36.7. The molecule has 0 bridgehead atoms. The van der Waals surface area contributed by atoms with Crippen molar-refractivity contribution in [1.82, 2.24) is 19.2 Å². The lowest BCUT2D eigenvalue weighted by Gasteiger charge is -2.09. The third-order valence-electron chi connectivity index (χ3n) is 4.65. The number of nitrogens with zero attached hydrogens (tertiary/aromatic N) is 4. The van der Waals surface area contributed by atoms with Crippen LogP contribution in [0.1, 0.15) is 28.7 Å². The largest absolute Gasteiger partial charge is 0.485 e. The molecule has 0 fully saturated rings. The first kappa shape index (κ1) is 19.6. The molecule has 0 saturated carbocycles. The fraction of sp³-hybridized carbons (Fsp3) is 0.190. The highest BCUT2D eigenvalue weighted by atomic mass is 19.1. The molecule has 154 valence electrons. The number of aromatic nitrogens is 4. The number of hydrogen-bond acceptors (Lipinski definition) is 4. The van der Waals surface area contributed by atoms with E-state index in [4.69, 9.17) is 4.74 Å². The highest BCUT2D eigenvalue weighted by Crippen LogP contribution is 2.24. The molecule has 3 aromatic heterocycles. The molecule has 1 amide bonds. The standard InChI is InChI=1S/C21H19F2N5O2/c1-3-27-11-14(10-24-27)26-21(29)19-13(2)25-20-18(8-5-9-28(19)20)30-12-15-16(22)6-4-7-17(15)23/h4-11H,3,12H2,1-2H3,(H,26,29). The average molecular weight is 411 g/mol. The molecule has 30 heavy (non-hydrogen) atoms. The van der Waals surface area contributed by atoms with E-state index in [9.17, 15) is 13.6 Å². The van der Waals surface area contributed by atoms with Crippen LogP contribution >= 0.6 is 0 Å². The number of pyridine rings is 1. The molecule has 9 heteroatoms. The Morgan fingerprint density at radius 1 is 1.20 bits per heavy atom. The fourth-order valence-electron chi connectivity index (χ4n) is 3.15. The van der Waals surface area contributed by atoms with Gasteiger partial charge in [-0.25, -0.2) is 13.8 Å². The van der Waals surface area contributed by atoms with Crippen LogP contribution in [0.4, 0.5) is 14.5 Å². The first-order valence-corrected chi connectivity index (χ1v) is 9.35. The molecule has 0 aliphatic heterocycles. The van der Waals surface area contributed by atoms with Gasteiger partial charge in [0.1, 0.15) is 23.9 Å². The number of imidazole rings is 1. The fourth-order valence-corrected chi connectivity index (χ4v) is 3.15. The van der Waals surface area contributed by atoms with Gasteiger partial charge in [-0.1, -0.05) is 6.07 Å². The van der Waals surface area contributed by atoms with Crippen LogP contribution in [0, 0.1) is 18.6 Å². The maximum absolute atomic E-state index is 13.9. The number of fused-ring (bicyclic) bond motifs is 1. The number of ether oxygens (including phenoxy) is 1. The Labute approximate surface area is 170 Å². The molecular formula is C21H19F2N5O2. The molecule has 0 aliphatic rings. The highest BCUT2D eigenvalue weighted by molar-refractivity contribution is 6.04. The molecule has 0 radical (unpaired) electrons. The van der Waals surface area contributed by atoms with E-state index < -0.39 is 11.6 Å². The Morgan fingerprint density at radius 2 is 1.97 bits per heavy atom. The maximum Gasteiger partial charge on any atom is 0.274 e. The van der Waals surface area contributed by atoms with Crippen LogP contribution < -0.4 is 10.1 Å². The summed E-state index contributed by atoms with van der Waals surface area (Å²) in [6, 6.07) is 6.94. The summed E-state index contributed by atoms with van der Waals surface area (Å²) >= 11 is 0. The number of benzene rings is 1. The Kier molecular flexibility index (Phi) is 5.18.